The molecule has 0 fully saturated rings. The molecule has 0 spiro atoms. The number of likely N-dealkylation sites (N-methyl/N-ethyl adjacent to an activating group) is 1. The number of nitrogens with two attached hydrogens (primary N) is 1. The molecule has 1 rings (SSSR count). The second-order valence-electron chi connectivity index (χ2n) is 4.74. The average Bonchev–Trinajstić information content (AvgIpc) is 2.44. The summed E-state index contributed by atoms with van der Waals surface area (Å²) in [6.45, 7) is 5.08. The van der Waals surface area contributed by atoms with Gasteiger partial charge in [-0.1, -0.05) is 37.3 Å². The molecular weight excluding hydrogens is 256 g/mol. The molecule has 3 N–H and O–H groups in total. The maximum atomic E-state index is 12.0. The molecule has 0 radical (unpaired) electrons. The van der Waals surface area contributed by atoms with Crippen LogP contribution in [0.4, 0.5) is 0 Å². The largest absolute Gasteiger partial charge is 0.382 e. The number of benzene rings is 1. The molecule has 1 aromatic rings. The van der Waals surface area contributed by atoms with Gasteiger partial charge in [0.05, 0.1) is 19.3 Å². The van der Waals surface area contributed by atoms with E-state index < -0.39 is 11.4 Å². The molecule has 1 amide bonds. The molecule has 2 unspecified atom stereocenters. The number of ether oxygens (including phenoxy) is 2. The lowest BCUT2D eigenvalue weighted by Gasteiger charge is -2.32. The first-order valence-electron chi connectivity index (χ1n) is 6.77. The van der Waals surface area contributed by atoms with Gasteiger partial charge < -0.3 is 15.2 Å². The van der Waals surface area contributed by atoms with Gasteiger partial charge in [0, 0.05) is 7.11 Å². The highest BCUT2D eigenvalue weighted by atomic mass is 16.5. The number of rotatable bonds is 9. The van der Waals surface area contributed by atoms with Gasteiger partial charge in [-0.3, -0.25) is 10.1 Å². The molecule has 5 heteroatoms. The van der Waals surface area contributed by atoms with E-state index in [-0.39, 0.29) is 12.7 Å². The Morgan fingerprint density at radius 2 is 2.05 bits per heavy atom. The summed E-state index contributed by atoms with van der Waals surface area (Å²) in [7, 11) is 1.61. The van der Waals surface area contributed by atoms with Crippen molar-refractivity contribution in [2.24, 2.45) is 5.73 Å². The zero-order valence-electron chi connectivity index (χ0n) is 12.4. The van der Waals surface area contributed by atoms with Gasteiger partial charge in [-0.25, -0.2) is 0 Å². The Hall–Kier alpha value is -1.43. The number of carbonyl (C=O) groups excluding carboxylic acids is 1. The van der Waals surface area contributed by atoms with Gasteiger partial charge in [-0.05, 0) is 19.0 Å². The van der Waals surface area contributed by atoms with Crippen LogP contribution >= 0.6 is 0 Å². The fourth-order valence-electron chi connectivity index (χ4n) is 2.11. The molecule has 0 aliphatic rings. The predicted octanol–water partition coefficient (Wildman–Crippen LogP) is 1.03. The van der Waals surface area contributed by atoms with Crippen LogP contribution < -0.4 is 11.1 Å². The van der Waals surface area contributed by atoms with Crippen molar-refractivity contribution in [2.75, 3.05) is 26.9 Å². The van der Waals surface area contributed by atoms with Crippen molar-refractivity contribution in [1.82, 2.24) is 5.32 Å². The highest BCUT2D eigenvalue weighted by Gasteiger charge is 2.38. The van der Waals surface area contributed by atoms with Crippen LogP contribution in [0.1, 0.15) is 19.4 Å². The van der Waals surface area contributed by atoms with Crippen molar-refractivity contribution >= 4 is 5.91 Å². The summed E-state index contributed by atoms with van der Waals surface area (Å²) in [5.41, 5.74) is 5.43. The first-order chi connectivity index (χ1) is 9.56. The summed E-state index contributed by atoms with van der Waals surface area (Å²) in [6.07, 6.45) is -0.110. The fourth-order valence-corrected chi connectivity index (χ4v) is 2.11. The molecule has 0 saturated carbocycles. The first-order valence-corrected chi connectivity index (χ1v) is 6.77. The Morgan fingerprint density at radius 3 is 2.55 bits per heavy atom. The average molecular weight is 280 g/mol. The molecule has 0 saturated heterocycles. The van der Waals surface area contributed by atoms with Crippen molar-refractivity contribution in [3.05, 3.63) is 35.9 Å². The third-order valence-electron chi connectivity index (χ3n) is 3.15. The smallest absolute Gasteiger partial charge is 0.244 e. The van der Waals surface area contributed by atoms with E-state index in [4.69, 9.17) is 15.2 Å². The van der Waals surface area contributed by atoms with Crippen LogP contribution in [0.5, 0.6) is 0 Å². The molecule has 1 aromatic carbocycles. The van der Waals surface area contributed by atoms with Crippen LogP contribution in [0.15, 0.2) is 30.3 Å². The van der Waals surface area contributed by atoms with Crippen molar-refractivity contribution in [1.29, 1.82) is 0 Å². The van der Waals surface area contributed by atoms with Crippen LogP contribution in [0.25, 0.3) is 0 Å². The van der Waals surface area contributed by atoms with Gasteiger partial charge in [0.25, 0.3) is 0 Å². The maximum Gasteiger partial charge on any atom is 0.244 e. The second kappa shape index (κ2) is 7.99. The minimum Gasteiger partial charge on any atom is -0.382 e. The lowest BCUT2D eigenvalue weighted by molar-refractivity contribution is -0.129. The molecule has 0 aliphatic heterocycles. The Kier molecular flexibility index (Phi) is 6.64. The number of methoxy groups -OCH3 is 1. The zero-order chi connectivity index (χ0) is 15.0. The molecule has 0 aliphatic carbocycles. The van der Waals surface area contributed by atoms with Gasteiger partial charge in [0.15, 0.2) is 0 Å². The quantitative estimate of drug-likeness (QED) is 0.708. The summed E-state index contributed by atoms with van der Waals surface area (Å²) in [5.74, 6) is -0.449. The van der Waals surface area contributed by atoms with E-state index in [1.54, 1.807) is 7.11 Å². The van der Waals surface area contributed by atoms with Crippen molar-refractivity contribution in [2.45, 2.75) is 25.5 Å². The van der Waals surface area contributed by atoms with E-state index in [2.05, 4.69) is 5.32 Å². The highest BCUT2D eigenvalue weighted by molar-refractivity contribution is 5.86. The van der Waals surface area contributed by atoms with Gasteiger partial charge in [-0.2, -0.15) is 0 Å². The van der Waals surface area contributed by atoms with E-state index in [0.29, 0.717) is 13.2 Å². The number of hydrogen-bond acceptors (Lipinski definition) is 4. The summed E-state index contributed by atoms with van der Waals surface area (Å²) in [6, 6.07) is 9.40. The fraction of sp³-hybridized carbons (Fsp3) is 0.533. The van der Waals surface area contributed by atoms with Crippen LogP contribution in [-0.4, -0.2) is 38.9 Å². The number of nitrogens with one attached hydrogen (secondary N) is 1. The highest BCUT2D eigenvalue weighted by Crippen LogP contribution is 2.22. The molecular formula is C15H24N2O3. The molecule has 0 bridgehead atoms. The Morgan fingerprint density at radius 1 is 1.40 bits per heavy atom. The van der Waals surface area contributed by atoms with Gasteiger partial charge in [0.1, 0.15) is 5.54 Å². The zero-order valence-corrected chi connectivity index (χ0v) is 12.4. The summed E-state index contributed by atoms with van der Waals surface area (Å²) in [4.78, 5) is 12.0. The molecule has 5 nitrogen and oxygen atoms in total. The number of hydrogen-bond donors (Lipinski definition) is 2. The Labute approximate surface area is 120 Å². The van der Waals surface area contributed by atoms with Crippen LogP contribution in [0.3, 0.4) is 0 Å². The van der Waals surface area contributed by atoms with Crippen molar-refractivity contribution in [3.63, 3.8) is 0 Å². The van der Waals surface area contributed by atoms with Crippen molar-refractivity contribution in [3.8, 4) is 0 Å². The summed E-state index contributed by atoms with van der Waals surface area (Å²) >= 11 is 0. The monoisotopic (exact) mass is 280 g/mol. The van der Waals surface area contributed by atoms with Crippen LogP contribution in [0.2, 0.25) is 0 Å². The SMILES string of the molecule is CCNC(COC(C)COC)(C(N)=O)c1ccccc1. The molecule has 112 valence electrons. The van der Waals surface area contributed by atoms with Gasteiger partial charge >= 0.3 is 0 Å². The Balaban J connectivity index is 2.97. The second-order valence-corrected chi connectivity index (χ2v) is 4.74. The van der Waals surface area contributed by atoms with E-state index >= 15 is 0 Å². The Bertz CT molecular complexity index is 411. The lowest BCUT2D eigenvalue weighted by Crippen LogP contribution is -2.56. The first kappa shape index (κ1) is 16.6. The van der Waals surface area contributed by atoms with Crippen LogP contribution in [0, 0.1) is 0 Å². The predicted molar refractivity (Wildman–Crippen MR) is 78.3 cm³/mol. The number of carbonyl (C=O) groups is 1. The number of primary amides is 1. The van der Waals surface area contributed by atoms with Crippen LogP contribution in [-0.2, 0) is 19.8 Å². The molecule has 0 aromatic heterocycles. The minimum atomic E-state index is -1.02. The third-order valence-corrected chi connectivity index (χ3v) is 3.15. The standard InChI is InChI=1S/C15H24N2O3/c1-4-17-15(14(16)18,11-20-12(2)10-19-3)13-8-6-5-7-9-13/h5-9,12,17H,4,10-11H2,1-3H3,(H2,16,18). The van der Waals surface area contributed by atoms with Gasteiger partial charge in [-0.15, -0.1) is 0 Å². The topological polar surface area (TPSA) is 73.6 Å². The van der Waals surface area contributed by atoms with E-state index in [9.17, 15) is 4.79 Å². The summed E-state index contributed by atoms with van der Waals surface area (Å²) in [5, 5.41) is 3.17. The van der Waals surface area contributed by atoms with E-state index in [1.165, 1.54) is 0 Å². The molecule has 20 heavy (non-hydrogen) atoms. The molecule has 0 heterocycles. The normalized spacial score (nSPS) is 15.6. The van der Waals surface area contributed by atoms with E-state index in [1.807, 2.05) is 44.2 Å². The minimum absolute atomic E-state index is 0.110. The lowest BCUT2D eigenvalue weighted by atomic mass is 9.89. The number of amides is 1. The summed E-state index contributed by atoms with van der Waals surface area (Å²) < 4.78 is 10.8. The van der Waals surface area contributed by atoms with E-state index in [0.717, 1.165) is 5.56 Å². The van der Waals surface area contributed by atoms with Crippen molar-refractivity contribution < 1.29 is 14.3 Å². The molecule has 2 atom stereocenters. The third kappa shape index (κ3) is 4.03. The van der Waals surface area contributed by atoms with Gasteiger partial charge in [0.2, 0.25) is 5.91 Å². The maximum absolute atomic E-state index is 12.0.